The van der Waals surface area contributed by atoms with Crippen molar-refractivity contribution in [2.75, 3.05) is 25.5 Å². The molecule has 0 fully saturated rings. The van der Waals surface area contributed by atoms with Crippen LogP contribution in [0.2, 0.25) is 0 Å². The van der Waals surface area contributed by atoms with Gasteiger partial charge in [0.2, 0.25) is 0 Å². The molecule has 4 nitrogen and oxygen atoms in total. The van der Waals surface area contributed by atoms with E-state index in [-0.39, 0.29) is 19.2 Å². The van der Waals surface area contributed by atoms with Gasteiger partial charge in [0.15, 0.2) is 0 Å². The van der Waals surface area contributed by atoms with Crippen LogP contribution in [-0.2, 0) is 0 Å². The van der Waals surface area contributed by atoms with Gasteiger partial charge in [0.05, 0.1) is 12.3 Å². The molecule has 2 rings (SSSR count). The zero-order valence-electron chi connectivity index (χ0n) is 12.4. The molecule has 0 aliphatic rings. The first-order valence-electron chi connectivity index (χ1n) is 7.00. The average Bonchev–Trinajstić information content (AvgIpc) is 2.55. The van der Waals surface area contributed by atoms with Crippen molar-refractivity contribution in [1.29, 1.82) is 0 Å². The number of hydrogen-bond acceptors (Lipinski definition) is 2. The molecule has 2 amide bonds. The molecular formula is C18H18N2O2. The van der Waals surface area contributed by atoms with Gasteiger partial charge in [-0.1, -0.05) is 42.2 Å². The van der Waals surface area contributed by atoms with Gasteiger partial charge in [-0.15, -0.1) is 0 Å². The zero-order valence-corrected chi connectivity index (χ0v) is 12.4. The SMILES string of the molecule is CN(CCO)C(=O)Nc1ccccc1C#Cc1ccccc1. The van der Waals surface area contributed by atoms with Crippen LogP contribution in [0.25, 0.3) is 0 Å². The van der Waals surface area contributed by atoms with Gasteiger partial charge in [-0.3, -0.25) is 0 Å². The van der Waals surface area contributed by atoms with E-state index < -0.39 is 0 Å². The molecule has 22 heavy (non-hydrogen) atoms. The van der Waals surface area contributed by atoms with Gasteiger partial charge in [0, 0.05) is 24.7 Å². The number of nitrogens with one attached hydrogen (secondary N) is 1. The van der Waals surface area contributed by atoms with Crippen LogP contribution in [0.4, 0.5) is 10.5 Å². The Kier molecular flexibility index (Phi) is 5.58. The molecule has 2 N–H and O–H groups in total. The van der Waals surface area contributed by atoms with E-state index in [4.69, 9.17) is 5.11 Å². The maximum absolute atomic E-state index is 12.0. The van der Waals surface area contributed by atoms with Crippen molar-refractivity contribution >= 4 is 11.7 Å². The molecule has 4 heteroatoms. The predicted molar refractivity (Wildman–Crippen MR) is 87.6 cm³/mol. The number of carbonyl (C=O) groups is 1. The van der Waals surface area contributed by atoms with E-state index in [1.54, 1.807) is 13.1 Å². The lowest BCUT2D eigenvalue weighted by Crippen LogP contribution is -2.33. The van der Waals surface area contributed by atoms with Crippen LogP contribution >= 0.6 is 0 Å². The van der Waals surface area contributed by atoms with E-state index in [2.05, 4.69) is 17.2 Å². The first-order valence-corrected chi connectivity index (χ1v) is 7.00. The van der Waals surface area contributed by atoms with E-state index in [0.717, 1.165) is 11.1 Å². The standard InChI is InChI=1S/C18H18N2O2/c1-20(13-14-21)18(22)19-17-10-6-5-9-16(17)12-11-15-7-3-2-4-8-15/h2-10,21H,13-14H2,1H3,(H,19,22). The van der Waals surface area contributed by atoms with Crippen LogP contribution in [0.5, 0.6) is 0 Å². The van der Waals surface area contributed by atoms with E-state index in [9.17, 15) is 4.79 Å². The van der Waals surface area contributed by atoms with Crippen LogP contribution in [0.15, 0.2) is 54.6 Å². The number of rotatable bonds is 3. The Balaban J connectivity index is 2.17. The fraction of sp³-hybridized carbons (Fsp3) is 0.167. The minimum absolute atomic E-state index is 0.0701. The Morgan fingerprint density at radius 3 is 2.50 bits per heavy atom. The van der Waals surface area contributed by atoms with Crippen molar-refractivity contribution in [2.24, 2.45) is 0 Å². The molecule has 0 unspecified atom stereocenters. The highest BCUT2D eigenvalue weighted by Gasteiger charge is 2.09. The summed E-state index contributed by atoms with van der Waals surface area (Å²) >= 11 is 0. The van der Waals surface area contributed by atoms with Crippen molar-refractivity contribution in [3.05, 3.63) is 65.7 Å². The molecule has 0 aromatic heterocycles. The lowest BCUT2D eigenvalue weighted by molar-refractivity contribution is 0.202. The summed E-state index contributed by atoms with van der Waals surface area (Å²) in [6, 6.07) is 16.8. The molecule has 0 atom stereocenters. The third kappa shape index (κ3) is 4.37. The summed E-state index contributed by atoms with van der Waals surface area (Å²) in [4.78, 5) is 13.4. The van der Waals surface area contributed by atoms with Gasteiger partial charge < -0.3 is 15.3 Å². The van der Waals surface area contributed by atoms with Crippen LogP contribution in [0, 0.1) is 11.8 Å². The number of carbonyl (C=O) groups excluding carboxylic acids is 1. The van der Waals surface area contributed by atoms with Crippen LogP contribution in [-0.4, -0.2) is 36.2 Å². The maximum Gasteiger partial charge on any atom is 0.321 e. The summed E-state index contributed by atoms with van der Waals surface area (Å²) in [5.41, 5.74) is 2.32. The minimum Gasteiger partial charge on any atom is -0.395 e. The number of nitrogens with zero attached hydrogens (tertiary/aromatic N) is 1. The molecule has 0 saturated heterocycles. The molecule has 0 heterocycles. The van der Waals surface area contributed by atoms with Crippen molar-refractivity contribution in [2.45, 2.75) is 0 Å². The highest BCUT2D eigenvalue weighted by molar-refractivity contribution is 5.90. The smallest absolute Gasteiger partial charge is 0.321 e. The summed E-state index contributed by atoms with van der Waals surface area (Å²) < 4.78 is 0. The molecular weight excluding hydrogens is 276 g/mol. The Bertz CT molecular complexity index is 687. The number of benzene rings is 2. The Morgan fingerprint density at radius 2 is 1.77 bits per heavy atom. The summed E-state index contributed by atoms with van der Waals surface area (Å²) in [5.74, 6) is 6.15. The zero-order chi connectivity index (χ0) is 15.8. The van der Waals surface area contributed by atoms with Crippen molar-refractivity contribution in [3.8, 4) is 11.8 Å². The van der Waals surface area contributed by atoms with Gasteiger partial charge in [-0.05, 0) is 24.3 Å². The summed E-state index contributed by atoms with van der Waals surface area (Å²) in [7, 11) is 1.63. The molecule has 0 aliphatic heterocycles. The molecule has 0 bridgehead atoms. The molecule has 0 spiro atoms. The van der Waals surface area contributed by atoms with Gasteiger partial charge in [-0.25, -0.2) is 4.79 Å². The van der Waals surface area contributed by atoms with Gasteiger partial charge in [-0.2, -0.15) is 0 Å². The quantitative estimate of drug-likeness (QED) is 0.855. The number of hydrogen-bond donors (Lipinski definition) is 2. The maximum atomic E-state index is 12.0. The number of likely N-dealkylation sites (N-methyl/N-ethyl adjacent to an activating group) is 1. The number of amides is 2. The molecule has 0 saturated carbocycles. The number of anilines is 1. The second-order valence-corrected chi connectivity index (χ2v) is 4.74. The third-order valence-corrected chi connectivity index (χ3v) is 3.07. The highest BCUT2D eigenvalue weighted by atomic mass is 16.3. The van der Waals surface area contributed by atoms with Crippen molar-refractivity contribution in [1.82, 2.24) is 4.90 Å². The summed E-state index contributed by atoms with van der Waals surface area (Å²) in [6.45, 7) is 0.211. The summed E-state index contributed by atoms with van der Waals surface area (Å²) in [5, 5.41) is 11.7. The van der Waals surface area contributed by atoms with Gasteiger partial charge in [0.1, 0.15) is 0 Å². The summed E-state index contributed by atoms with van der Waals surface area (Å²) in [6.07, 6.45) is 0. The van der Waals surface area contributed by atoms with Crippen LogP contribution in [0.1, 0.15) is 11.1 Å². The Hall–Kier alpha value is -2.77. The fourth-order valence-corrected chi connectivity index (χ4v) is 1.82. The first kappa shape index (κ1) is 15.6. The second-order valence-electron chi connectivity index (χ2n) is 4.74. The number of para-hydroxylation sites is 1. The monoisotopic (exact) mass is 294 g/mol. The lowest BCUT2D eigenvalue weighted by Gasteiger charge is -2.17. The molecule has 2 aromatic carbocycles. The number of urea groups is 1. The largest absolute Gasteiger partial charge is 0.395 e. The van der Waals surface area contributed by atoms with Crippen LogP contribution in [0.3, 0.4) is 0 Å². The van der Waals surface area contributed by atoms with Crippen molar-refractivity contribution < 1.29 is 9.90 Å². The lowest BCUT2D eigenvalue weighted by atomic mass is 10.1. The van der Waals surface area contributed by atoms with Gasteiger partial charge in [0.25, 0.3) is 0 Å². The third-order valence-electron chi connectivity index (χ3n) is 3.07. The average molecular weight is 294 g/mol. The number of aliphatic hydroxyl groups excluding tert-OH is 1. The minimum atomic E-state index is -0.275. The Morgan fingerprint density at radius 1 is 1.09 bits per heavy atom. The van der Waals surface area contributed by atoms with Crippen molar-refractivity contribution in [3.63, 3.8) is 0 Å². The first-order chi connectivity index (χ1) is 10.7. The molecule has 0 aliphatic carbocycles. The number of aliphatic hydroxyl groups is 1. The second kappa shape index (κ2) is 7.87. The van der Waals surface area contributed by atoms with Crippen LogP contribution < -0.4 is 5.32 Å². The molecule has 112 valence electrons. The van der Waals surface area contributed by atoms with E-state index in [0.29, 0.717) is 5.69 Å². The van der Waals surface area contributed by atoms with E-state index in [1.807, 2.05) is 48.5 Å². The topological polar surface area (TPSA) is 52.6 Å². The van der Waals surface area contributed by atoms with E-state index in [1.165, 1.54) is 4.90 Å². The normalized spacial score (nSPS) is 9.55. The predicted octanol–water partition coefficient (Wildman–Crippen LogP) is 2.54. The molecule has 0 radical (unpaired) electrons. The fourth-order valence-electron chi connectivity index (χ4n) is 1.82. The molecule has 2 aromatic rings. The van der Waals surface area contributed by atoms with Gasteiger partial charge >= 0.3 is 6.03 Å². The highest BCUT2D eigenvalue weighted by Crippen LogP contribution is 2.14. The Labute approximate surface area is 130 Å². The van der Waals surface area contributed by atoms with E-state index >= 15 is 0 Å².